The van der Waals surface area contributed by atoms with Gasteiger partial charge in [0.05, 0.1) is 11.4 Å². The molecule has 1 aromatic heterocycles. The Labute approximate surface area is 110 Å². The van der Waals surface area contributed by atoms with Crippen LogP contribution in [0, 0.1) is 5.92 Å². The van der Waals surface area contributed by atoms with Crippen molar-refractivity contribution in [3.8, 4) is 5.69 Å². The monoisotopic (exact) mass is 257 g/mol. The van der Waals surface area contributed by atoms with E-state index in [0.29, 0.717) is 12.3 Å². The molecule has 0 spiro atoms. The molecule has 1 fully saturated rings. The predicted molar refractivity (Wildman–Crippen MR) is 71.0 cm³/mol. The van der Waals surface area contributed by atoms with Gasteiger partial charge in [0.1, 0.15) is 12.7 Å². The Morgan fingerprint density at radius 3 is 2.95 bits per heavy atom. The third kappa shape index (κ3) is 2.63. The summed E-state index contributed by atoms with van der Waals surface area (Å²) in [5, 5.41) is 10.2. The van der Waals surface area contributed by atoms with Crippen molar-refractivity contribution in [2.24, 2.45) is 5.92 Å². The first-order valence-corrected chi connectivity index (χ1v) is 6.27. The first-order valence-electron chi connectivity index (χ1n) is 6.27. The molecule has 2 heterocycles. The molecule has 1 amide bonds. The molecule has 2 aromatic rings. The van der Waals surface area contributed by atoms with Crippen molar-refractivity contribution in [1.82, 2.24) is 20.1 Å². The van der Waals surface area contributed by atoms with Gasteiger partial charge in [0.15, 0.2) is 0 Å². The van der Waals surface area contributed by atoms with Crippen LogP contribution in [-0.2, 0) is 4.79 Å². The van der Waals surface area contributed by atoms with E-state index >= 15 is 0 Å². The van der Waals surface area contributed by atoms with E-state index in [2.05, 4.69) is 20.7 Å². The van der Waals surface area contributed by atoms with E-state index in [0.717, 1.165) is 24.5 Å². The summed E-state index contributed by atoms with van der Waals surface area (Å²) in [5.74, 6) is 0.498. The molecule has 0 aliphatic carbocycles. The topological polar surface area (TPSA) is 71.8 Å². The van der Waals surface area contributed by atoms with Gasteiger partial charge in [0.25, 0.3) is 0 Å². The van der Waals surface area contributed by atoms with Gasteiger partial charge in [-0.25, -0.2) is 9.67 Å². The Morgan fingerprint density at radius 2 is 2.26 bits per heavy atom. The summed E-state index contributed by atoms with van der Waals surface area (Å²) in [6, 6.07) is 7.56. The molecule has 1 aromatic carbocycles. The van der Waals surface area contributed by atoms with Gasteiger partial charge in [-0.05, 0) is 31.1 Å². The lowest BCUT2D eigenvalue weighted by Gasteiger charge is -2.26. The number of amides is 1. The van der Waals surface area contributed by atoms with Crippen LogP contribution in [-0.4, -0.2) is 33.8 Å². The Kier molecular flexibility index (Phi) is 3.24. The second kappa shape index (κ2) is 5.19. The number of nitrogens with one attached hydrogen (secondary N) is 2. The average molecular weight is 257 g/mol. The van der Waals surface area contributed by atoms with Crippen LogP contribution in [0.1, 0.15) is 6.42 Å². The van der Waals surface area contributed by atoms with Gasteiger partial charge in [-0.1, -0.05) is 12.1 Å². The molecule has 98 valence electrons. The van der Waals surface area contributed by atoms with Crippen LogP contribution < -0.4 is 10.6 Å². The third-order valence-electron chi connectivity index (χ3n) is 3.18. The number of nitrogens with zero attached hydrogens (tertiary/aromatic N) is 3. The molecule has 19 heavy (non-hydrogen) atoms. The summed E-state index contributed by atoms with van der Waals surface area (Å²) in [6.07, 6.45) is 3.64. The predicted octanol–water partition coefficient (Wildman–Crippen LogP) is 0.815. The van der Waals surface area contributed by atoms with Gasteiger partial charge >= 0.3 is 0 Å². The normalized spacial score (nSPS) is 14.9. The van der Waals surface area contributed by atoms with E-state index < -0.39 is 0 Å². The highest BCUT2D eigenvalue weighted by Gasteiger charge is 2.20. The molecule has 6 nitrogen and oxygen atoms in total. The van der Waals surface area contributed by atoms with Gasteiger partial charge in [-0.2, -0.15) is 5.10 Å². The number of aromatic nitrogens is 3. The van der Waals surface area contributed by atoms with Gasteiger partial charge in [-0.15, -0.1) is 0 Å². The molecule has 6 heteroatoms. The minimum Gasteiger partial charge on any atom is -0.324 e. The van der Waals surface area contributed by atoms with Crippen molar-refractivity contribution in [3.63, 3.8) is 0 Å². The Hall–Kier alpha value is -2.21. The molecule has 1 aliphatic heterocycles. The van der Waals surface area contributed by atoms with Crippen molar-refractivity contribution in [2.75, 3.05) is 18.4 Å². The van der Waals surface area contributed by atoms with Crippen molar-refractivity contribution in [1.29, 1.82) is 0 Å². The fourth-order valence-corrected chi connectivity index (χ4v) is 2.07. The van der Waals surface area contributed by atoms with Crippen LogP contribution in [0.5, 0.6) is 0 Å². The SMILES string of the molecule is O=C(CC1CNC1)Nc1ccccc1-n1cncn1. The van der Waals surface area contributed by atoms with E-state index in [1.54, 1.807) is 11.0 Å². The molecule has 0 unspecified atom stereocenters. The zero-order chi connectivity index (χ0) is 13.1. The summed E-state index contributed by atoms with van der Waals surface area (Å²) in [7, 11) is 0. The van der Waals surface area contributed by atoms with Crippen LogP contribution in [0.2, 0.25) is 0 Å². The quantitative estimate of drug-likeness (QED) is 0.850. The number of carbonyl (C=O) groups excluding carboxylic acids is 1. The highest BCUT2D eigenvalue weighted by Crippen LogP contribution is 2.19. The number of hydrogen-bond acceptors (Lipinski definition) is 4. The lowest BCUT2D eigenvalue weighted by atomic mass is 9.99. The summed E-state index contributed by atoms with van der Waals surface area (Å²) in [5.41, 5.74) is 1.57. The number of benzene rings is 1. The van der Waals surface area contributed by atoms with Crippen LogP contribution in [0.3, 0.4) is 0 Å². The second-order valence-corrected chi connectivity index (χ2v) is 4.63. The van der Waals surface area contributed by atoms with Crippen LogP contribution in [0.15, 0.2) is 36.9 Å². The molecule has 0 saturated carbocycles. The third-order valence-corrected chi connectivity index (χ3v) is 3.18. The number of para-hydroxylation sites is 2. The van der Waals surface area contributed by atoms with E-state index in [1.165, 1.54) is 6.33 Å². The zero-order valence-corrected chi connectivity index (χ0v) is 10.4. The van der Waals surface area contributed by atoms with Crippen molar-refractivity contribution in [2.45, 2.75) is 6.42 Å². The smallest absolute Gasteiger partial charge is 0.224 e. The van der Waals surface area contributed by atoms with Crippen LogP contribution in [0.4, 0.5) is 5.69 Å². The number of anilines is 1. The molecule has 1 aliphatic rings. The molecular weight excluding hydrogens is 242 g/mol. The highest BCUT2D eigenvalue weighted by molar-refractivity contribution is 5.93. The minimum atomic E-state index is 0.0408. The van der Waals surface area contributed by atoms with Gasteiger partial charge in [0.2, 0.25) is 5.91 Å². The van der Waals surface area contributed by atoms with Crippen LogP contribution in [0.25, 0.3) is 5.69 Å². The van der Waals surface area contributed by atoms with Crippen molar-refractivity contribution >= 4 is 11.6 Å². The lowest BCUT2D eigenvalue weighted by Crippen LogP contribution is -2.43. The van der Waals surface area contributed by atoms with Gasteiger partial charge in [0, 0.05) is 6.42 Å². The Balaban J connectivity index is 1.75. The molecule has 0 radical (unpaired) electrons. The Bertz CT molecular complexity index is 562. The molecule has 2 N–H and O–H groups in total. The largest absolute Gasteiger partial charge is 0.324 e. The summed E-state index contributed by atoms with van der Waals surface area (Å²) in [6.45, 7) is 1.86. The van der Waals surface area contributed by atoms with E-state index in [-0.39, 0.29) is 5.91 Å². The maximum atomic E-state index is 12.0. The average Bonchev–Trinajstić information content (AvgIpc) is 2.88. The number of rotatable bonds is 4. The van der Waals surface area contributed by atoms with Crippen LogP contribution >= 0.6 is 0 Å². The fraction of sp³-hybridized carbons (Fsp3) is 0.308. The van der Waals surface area contributed by atoms with Crippen molar-refractivity contribution < 1.29 is 4.79 Å². The highest BCUT2D eigenvalue weighted by atomic mass is 16.1. The minimum absolute atomic E-state index is 0.0408. The summed E-state index contributed by atoms with van der Waals surface area (Å²) in [4.78, 5) is 15.9. The molecular formula is C13H15N5O. The van der Waals surface area contributed by atoms with E-state index in [4.69, 9.17) is 0 Å². The molecule has 0 bridgehead atoms. The van der Waals surface area contributed by atoms with E-state index in [1.807, 2.05) is 24.3 Å². The van der Waals surface area contributed by atoms with Gasteiger partial charge in [-0.3, -0.25) is 4.79 Å². The second-order valence-electron chi connectivity index (χ2n) is 4.63. The lowest BCUT2D eigenvalue weighted by molar-refractivity contribution is -0.117. The first kappa shape index (κ1) is 11.9. The zero-order valence-electron chi connectivity index (χ0n) is 10.4. The summed E-state index contributed by atoms with van der Waals surface area (Å²) < 4.78 is 1.64. The Morgan fingerprint density at radius 1 is 1.42 bits per heavy atom. The van der Waals surface area contributed by atoms with E-state index in [9.17, 15) is 4.79 Å². The molecule has 0 atom stereocenters. The first-order chi connectivity index (χ1) is 9.33. The maximum absolute atomic E-state index is 12.0. The fourth-order valence-electron chi connectivity index (χ4n) is 2.07. The molecule has 3 rings (SSSR count). The maximum Gasteiger partial charge on any atom is 0.224 e. The number of carbonyl (C=O) groups is 1. The van der Waals surface area contributed by atoms with Crippen molar-refractivity contribution in [3.05, 3.63) is 36.9 Å². The standard InChI is InChI=1S/C13H15N5O/c19-13(5-10-6-14-7-10)17-11-3-1-2-4-12(11)18-9-15-8-16-18/h1-4,8-10,14H,5-7H2,(H,17,19). The van der Waals surface area contributed by atoms with Gasteiger partial charge < -0.3 is 10.6 Å². The summed E-state index contributed by atoms with van der Waals surface area (Å²) >= 11 is 0. The number of hydrogen-bond donors (Lipinski definition) is 2. The molecule has 1 saturated heterocycles.